The lowest BCUT2D eigenvalue weighted by Gasteiger charge is -2.27. The highest BCUT2D eigenvalue weighted by atomic mass is 32.2. The van der Waals surface area contributed by atoms with Crippen LogP contribution in [0.2, 0.25) is 0 Å². The molecule has 0 amide bonds. The molecule has 1 N–H and O–H groups in total. The second kappa shape index (κ2) is 3.41. The van der Waals surface area contributed by atoms with Gasteiger partial charge in [0, 0.05) is 18.3 Å². The van der Waals surface area contributed by atoms with Crippen molar-refractivity contribution in [3.05, 3.63) is 0 Å². The van der Waals surface area contributed by atoms with Crippen LogP contribution in [-0.4, -0.2) is 23.5 Å². The lowest BCUT2D eigenvalue weighted by atomic mass is 9.97. The lowest BCUT2D eigenvalue weighted by molar-refractivity contribution is 0.436. The summed E-state index contributed by atoms with van der Waals surface area (Å²) in [6.07, 6.45) is 0. The van der Waals surface area contributed by atoms with E-state index in [1.54, 1.807) is 0 Å². The Morgan fingerprint density at radius 2 is 1.69 bits per heavy atom. The minimum Gasteiger partial charge on any atom is -0.361 e. The maximum Gasteiger partial charge on any atom is 0.156 e. The molecule has 1 aliphatic heterocycles. The third-order valence-electron chi connectivity index (χ3n) is 4.54. The van der Waals surface area contributed by atoms with Gasteiger partial charge in [-0.05, 0) is 16.2 Å². The molecule has 1 aliphatic carbocycles. The van der Waals surface area contributed by atoms with Crippen molar-refractivity contribution in [2.24, 2.45) is 21.2 Å². The van der Waals surface area contributed by atoms with E-state index < -0.39 is 0 Å². The molecule has 1 heterocycles. The molecule has 1 fully saturated rings. The van der Waals surface area contributed by atoms with Gasteiger partial charge in [-0.25, -0.2) is 0 Å². The Labute approximate surface area is 104 Å². The van der Waals surface area contributed by atoms with Gasteiger partial charge in [-0.3, -0.25) is 4.99 Å². The number of amidine groups is 1. The number of hydrogen-bond donors (Lipinski definition) is 1. The second-order valence-electron chi connectivity index (χ2n) is 7.09. The van der Waals surface area contributed by atoms with Crippen molar-refractivity contribution in [3.63, 3.8) is 0 Å². The Hall–Kier alpha value is -0.180. The SMILES string of the molecule is CC1(C)CN=C(NC2C(C)(C)C2(C)C)SC1. The van der Waals surface area contributed by atoms with Crippen molar-refractivity contribution < 1.29 is 0 Å². The molecule has 16 heavy (non-hydrogen) atoms. The minimum absolute atomic E-state index is 0.366. The fraction of sp³-hybridized carbons (Fsp3) is 0.923. The van der Waals surface area contributed by atoms with Crippen LogP contribution in [0.15, 0.2) is 4.99 Å². The van der Waals surface area contributed by atoms with Gasteiger partial charge in [0.05, 0.1) is 0 Å². The maximum absolute atomic E-state index is 4.66. The second-order valence-corrected chi connectivity index (χ2v) is 8.06. The van der Waals surface area contributed by atoms with Crippen LogP contribution in [0.3, 0.4) is 0 Å². The molecule has 0 aromatic rings. The molecule has 0 atom stereocenters. The molecular weight excluding hydrogens is 216 g/mol. The Morgan fingerprint density at radius 3 is 2.06 bits per heavy atom. The first-order chi connectivity index (χ1) is 7.17. The summed E-state index contributed by atoms with van der Waals surface area (Å²) < 4.78 is 0. The number of hydrogen-bond acceptors (Lipinski definition) is 3. The van der Waals surface area contributed by atoms with E-state index in [9.17, 15) is 0 Å². The Kier molecular flexibility index (Phi) is 2.62. The van der Waals surface area contributed by atoms with Crippen molar-refractivity contribution in [3.8, 4) is 0 Å². The molecule has 0 aromatic heterocycles. The van der Waals surface area contributed by atoms with Crippen LogP contribution < -0.4 is 5.32 Å². The third-order valence-corrected chi connectivity index (χ3v) is 5.99. The summed E-state index contributed by atoms with van der Waals surface area (Å²) in [5, 5.41) is 4.78. The molecule has 2 rings (SSSR count). The highest BCUT2D eigenvalue weighted by molar-refractivity contribution is 8.13. The molecule has 0 spiro atoms. The zero-order chi connectivity index (χ0) is 12.2. The van der Waals surface area contributed by atoms with E-state index in [1.807, 2.05) is 11.8 Å². The van der Waals surface area contributed by atoms with Crippen LogP contribution in [0.5, 0.6) is 0 Å². The molecule has 0 saturated heterocycles. The number of nitrogens with one attached hydrogen (secondary N) is 1. The summed E-state index contributed by atoms with van der Waals surface area (Å²) >= 11 is 1.88. The summed E-state index contributed by atoms with van der Waals surface area (Å²) in [5.74, 6) is 1.17. The third kappa shape index (κ3) is 1.87. The van der Waals surface area contributed by atoms with Crippen molar-refractivity contribution in [1.82, 2.24) is 5.32 Å². The van der Waals surface area contributed by atoms with E-state index in [0.717, 1.165) is 11.7 Å². The van der Waals surface area contributed by atoms with Crippen LogP contribution in [0.4, 0.5) is 0 Å². The first-order valence-corrected chi connectivity index (χ1v) is 7.09. The van der Waals surface area contributed by atoms with Crippen molar-refractivity contribution in [2.75, 3.05) is 12.3 Å². The maximum atomic E-state index is 4.66. The Balaban J connectivity index is 1.97. The van der Waals surface area contributed by atoms with Gasteiger partial charge < -0.3 is 5.32 Å². The van der Waals surface area contributed by atoms with Crippen LogP contribution in [0, 0.1) is 16.2 Å². The first-order valence-electron chi connectivity index (χ1n) is 6.11. The van der Waals surface area contributed by atoms with Gasteiger partial charge in [-0.2, -0.15) is 0 Å². The molecule has 2 nitrogen and oxygen atoms in total. The summed E-state index contributed by atoms with van der Waals surface area (Å²) in [6.45, 7) is 14.9. The number of thioether (sulfide) groups is 1. The van der Waals surface area contributed by atoms with E-state index in [4.69, 9.17) is 0 Å². The van der Waals surface area contributed by atoms with Crippen LogP contribution >= 0.6 is 11.8 Å². The van der Waals surface area contributed by atoms with Crippen LogP contribution in [0.1, 0.15) is 41.5 Å². The first kappa shape index (κ1) is 12.3. The quantitative estimate of drug-likeness (QED) is 0.761. The fourth-order valence-corrected chi connectivity index (χ4v) is 3.38. The molecule has 0 unspecified atom stereocenters. The smallest absolute Gasteiger partial charge is 0.156 e. The molecule has 92 valence electrons. The molecule has 0 bridgehead atoms. The van der Waals surface area contributed by atoms with E-state index in [1.165, 1.54) is 5.75 Å². The number of rotatable bonds is 1. The predicted octanol–water partition coefficient (Wildman–Crippen LogP) is 3.14. The van der Waals surface area contributed by atoms with Gasteiger partial charge in [0.25, 0.3) is 0 Å². The zero-order valence-electron chi connectivity index (χ0n) is 11.3. The number of aliphatic imine (C=N–C) groups is 1. The monoisotopic (exact) mass is 240 g/mol. The average molecular weight is 240 g/mol. The molecule has 2 aliphatic rings. The number of nitrogens with zero attached hydrogens (tertiary/aromatic N) is 1. The van der Waals surface area contributed by atoms with E-state index >= 15 is 0 Å². The summed E-state index contributed by atoms with van der Waals surface area (Å²) in [7, 11) is 0. The van der Waals surface area contributed by atoms with Crippen molar-refractivity contribution in [2.45, 2.75) is 47.6 Å². The van der Waals surface area contributed by atoms with Gasteiger partial charge >= 0.3 is 0 Å². The molecular formula is C13H24N2S. The average Bonchev–Trinajstić information content (AvgIpc) is 2.51. The molecule has 3 heteroatoms. The summed E-state index contributed by atoms with van der Waals surface area (Å²) in [5.41, 5.74) is 1.15. The molecule has 1 saturated carbocycles. The van der Waals surface area contributed by atoms with Crippen LogP contribution in [0.25, 0.3) is 0 Å². The Bertz CT molecular complexity index is 315. The Morgan fingerprint density at radius 1 is 1.12 bits per heavy atom. The highest BCUT2D eigenvalue weighted by Gasteiger charge is 2.65. The van der Waals surface area contributed by atoms with Crippen molar-refractivity contribution >= 4 is 16.9 Å². The molecule has 0 aromatic carbocycles. The minimum atomic E-state index is 0.366. The van der Waals surface area contributed by atoms with Gasteiger partial charge in [0.2, 0.25) is 0 Å². The van der Waals surface area contributed by atoms with Crippen LogP contribution in [-0.2, 0) is 0 Å². The van der Waals surface area contributed by atoms with E-state index in [-0.39, 0.29) is 0 Å². The largest absolute Gasteiger partial charge is 0.361 e. The standard InChI is InChI=1S/C13H24N2S/c1-11(2)7-14-10(16-8-11)15-9-12(3,4)13(9,5)6/h9H,7-8H2,1-6H3,(H,14,15). The molecule has 0 radical (unpaired) electrons. The van der Waals surface area contributed by atoms with E-state index in [2.05, 4.69) is 51.9 Å². The predicted molar refractivity (Wildman–Crippen MR) is 73.0 cm³/mol. The van der Waals surface area contributed by atoms with Crippen molar-refractivity contribution in [1.29, 1.82) is 0 Å². The van der Waals surface area contributed by atoms with Gasteiger partial charge in [0.1, 0.15) is 0 Å². The topological polar surface area (TPSA) is 24.4 Å². The summed E-state index contributed by atoms with van der Waals surface area (Å²) in [4.78, 5) is 4.66. The lowest BCUT2D eigenvalue weighted by Crippen LogP contribution is -2.34. The van der Waals surface area contributed by atoms with Gasteiger partial charge in [0.15, 0.2) is 5.17 Å². The van der Waals surface area contributed by atoms with Gasteiger partial charge in [-0.1, -0.05) is 53.3 Å². The van der Waals surface area contributed by atoms with E-state index in [0.29, 0.717) is 22.3 Å². The fourth-order valence-electron chi connectivity index (χ4n) is 2.41. The zero-order valence-corrected chi connectivity index (χ0v) is 12.2. The summed E-state index contributed by atoms with van der Waals surface area (Å²) in [6, 6.07) is 0.576. The highest BCUT2D eigenvalue weighted by Crippen LogP contribution is 2.62. The normalized spacial score (nSPS) is 30.8. The van der Waals surface area contributed by atoms with Gasteiger partial charge in [-0.15, -0.1) is 0 Å².